The number of nitrogens with zero attached hydrogens (tertiary/aromatic N) is 1. The van der Waals surface area contributed by atoms with Crippen molar-refractivity contribution >= 4 is 11.4 Å². The van der Waals surface area contributed by atoms with Gasteiger partial charge in [-0.15, -0.1) is 0 Å². The molecule has 0 amide bonds. The number of hydrogen-bond acceptors (Lipinski definition) is 5. The molecule has 0 aromatic heterocycles. The van der Waals surface area contributed by atoms with Gasteiger partial charge >= 0.3 is 5.69 Å². The van der Waals surface area contributed by atoms with E-state index < -0.39 is 4.92 Å². The fraction of sp³-hybridized carbons (Fsp3) is 0.538. The summed E-state index contributed by atoms with van der Waals surface area (Å²) in [5.41, 5.74) is 0.535. The van der Waals surface area contributed by atoms with Gasteiger partial charge in [0.1, 0.15) is 5.69 Å². The van der Waals surface area contributed by atoms with Gasteiger partial charge < -0.3 is 14.8 Å². The molecule has 0 aliphatic carbocycles. The van der Waals surface area contributed by atoms with E-state index in [1.807, 2.05) is 0 Å². The van der Waals surface area contributed by atoms with Crippen LogP contribution >= 0.6 is 0 Å². The van der Waals surface area contributed by atoms with Crippen LogP contribution in [0.2, 0.25) is 0 Å². The van der Waals surface area contributed by atoms with E-state index in [9.17, 15) is 10.1 Å². The Morgan fingerprint density at radius 2 is 2.26 bits per heavy atom. The first-order chi connectivity index (χ1) is 9.06. The van der Waals surface area contributed by atoms with Crippen LogP contribution in [0.1, 0.15) is 13.8 Å². The average molecular weight is 266 g/mol. The van der Waals surface area contributed by atoms with E-state index in [1.54, 1.807) is 25.1 Å². The third-order valence-corrected chi connectivity index (χ3v) is 3.09. The van der Waals surface area contributed by atoms with E-state index in [4.69, 9.17) is 9.47 Å². The summed E-state index contributed by atoms with van der Waals surface area (Å²) in [6, 6.07) is 5.06. The molecule has 19 heavy (non-hydrogen) atoms. The summed E-state index contributed by atoms with van der Waals surface area (Å²) in [7, 11) is 0. The molecule has 0 unspecified atom stereocenters. The lowest BCUT2D eigenvalue weighted by Crippen LogP contribution is -2.45. The lowest BCUT2D eigenvalue weighted by atomic mass is 9.88. The van der Waals surface area contributed by atoms with Gasteiger partial charge in [0.15, 0.2) is 5.75 Å². The van der Waals surface area contributed by atoms with Gasteiger partial charge in [0, 0.05) is 12.0 Å². The maximum atomic E-state index is 11.2. The number of hydrogen-bond donors (Lipinski definition) is 1. The van der Waals surface area contributed by atoms with Crippen molar-refractivity contribution in [1.29, 1.82) is 0 Å². The number of para-hydroxylation sites is 1. The standard InChI is InChI=1S/C13H18N2O4/c1-3-19-11-6-4-5-10(12(11)15(16)17)14-7-13(2)8-18-9-13/h4-6,14H,3,7-9H2,1-2H3. The lowest BCUT2D eigenvalue weighted by molar-refractivity contribution is -0.385. The molecular formula is C13H18N2O4. The quantitative estimate of drug-likeness (QED) is 0.632. The number of benzene rings is 1. The fourth-order valence-corrected chi connectivity index (χ4v) is 1.99. The summed E-state index contributed by atoms with van der Waals surface area (Å²) in [4.78, 5) is 10.8. The van der Waals surface area contributed by atoms with Crippen LogP contribution in [0.25, 0.3) is 0 Å². The van der Waals surface area contributed by atoms with Crippen molar-refractivity contribution in [2.75, 3.05) is 31.7 Å². The van der Waals surface area contributed by atoms with Crippen LogP contribution in [-0.4, -0.2) is 31.3 Å². The average Bonchev–Trinajstić information content (AvgIpc) is 2.34. The third-order valence-electron chi connectivity index (χ3n) is 3.09. The largest absolute Gasteiger partial charge is 0.487 e. The van der Waals surface area contributed by atoms with Crippen LogP contribution in [-0.2, 0) is 4.74 Å². The summed E-state index contributed by atoms with van der Waals surface area (Å²) in [5.74, 6) is 0.299. The predicted octanol–water partition coefficient (Wildman–Crippen LogP) is 2.44. The van der Waals surface area contributed by atoms with Gasteiger partial charge in [0.25, 0.3) is 0 Å². The van der Waals surface area contributed by atoms with Crippen LogP contribution in [0.15, 0.2) is 18.2 Å². The molecule has 0 spiro atoms. The minimum Gasteiger partial charge on any atom is -0.487 e. The fourth-order valence-electron chi connectivity index (χ4n) is 1.99. The molecular weight excluding hydrogens is 248 g/mol. The highest BCUT2D eigenvalue weighted by Crippen LogP contribution is 2.36. The molecule has 1 fully saturated rings. The lowest BCUT2D eigenvalue weighted by Gasteiger charge is -2.38. The summed E-state index contributed by atoms with van der Waals surface area (Å²) in [6.07, 6.45) is 0. The highest BCUT2D eigenvalue weighted by molar-refractivity contribution is 5.68. The second kappa shape index (κ2) is 5.44. The van der Waals surface area contributed by atoms with Crippen molar-refractivity contribution < 1.29 is 14.4 Å². The molecule has 104 valence electrons. The van der Waals surface area contributed by atoms with E-state index in [0.717, 1.165) is 0 Å². The Morgan fingerprint density at radius 3 is 2.79 bits per heavy atom. The Kier molecular flexibility index (Phi) is 3.90. The van der Waals surface area contributed by atoms with Gasteiger partial charge in [-0.3, -0.25) is 10.1 Å². The van der Waals surface area contributed by atoms with Gasteiger partial charge in [-0.05, 0) is 19.1 Å². The van der Waals surface area contributed by atoms with E-state index in [0.29, 0.717) is 37.8 Å². The minimum atomic E-state index is -0.410. The van der Waals surface area contributed by atoms with Crippen molar-refractivity contribution in [3.8, 4) is 5.75 Å². The minimum absolute atomic E-state index is 0.00630. The Bertz CT molecular complexity index is 472. The molecule has 2 rings (SSSR count). The molecule has 1 saturated heterocycles. The first-order valence-corrected chi connectivity index (χ1v) is 6.27. The van der Waals surface area contributed by atoms with Gasteiger partial charge in [0.05, 0.1) is 24.7 Å². The van der Waals surface area contributed by atoms with E-state index in [1.165, 1.54) is 0 Å². The second-order valence-electron chi connectivity index (χ2n) is 5.00. The normalized spacial score (nSPS) is 16.5. The highest BCUT2D eigenvalue weighted by atomic mass is 16.6. The summed E-state index contributed by atoms with van der Waals surface area (Å²) in [6.45, 7) is 6.29. The van der Waals surface area contributed by atoms with E-state index in [2.05, 4.69) is 12.2 Å². The predicted molar refractivity (Wildman–Crippen MR) is 71.7 cm³/mol. The van der Waals surface area contributed by atoms with Crippen LogP contribution in [0, 0.1) is 15.5 Å². The SMILES string of the molecule is CCOc1cccc(NCC2(C)COC2)c1[N+](=O)[O-]. The van der Waals surface area contributed by atoms with Gasteiger partial charge in [-0.2, -0.15) is 0 Å². The Labute approximate surface area is 111 Å². The molecule has 0 atom stereocenters. The van der Waals surface area contributed by atoms with Crippen LogP contribution in [0.3, 0.4) is 0 Å². The maximum absolute atomic E-state index is 11.2. The zero-order valence-corrected chi connectivity index (χ0v) is 11.1. The second-order valence-corrected chi connectivity index (χ2v) is 5.00. The molecule has 1 N–H and O–H groups in total. The number of ether oxygens (including phenoxy) is 2. The number of nitrogens with one attached hydrogen (secondary N) is 1. The Morgan fingerprint density at radius 1 is 1.53 bits per heavy atom. The molecule has 1 heterocycles. The van der Waals surface area contributed by atoms with Crippen LogP contribution in [0.4, 0.5) is 11.4 Å². The monoisotopic (exact) mass is 266 g/mol. The van der Waals surface area contributed by atoms with Crippen molar-refractivity contribution in [2.24, 2.45) is 5.41 Å². The van der Waals surface area contributed by atoms with Crippen LogP contribution < -0.4 is 10.1 Å². The summed E-state index contributed by atoms with van der Waals surface area (Å²) < 4.78 is 10.5. The first-order valence-electron chi connectivity index (χ1n) is 6.27. The summed E-state index contributed by atoms with van der Waals surface area (Å²) in [5, 5.41) is 14.3. The van der Waals surface area contributed by atoms with E-state index >= 15 is 0 Å². The van der Waals surface area contributed by atoms with Gasteiger partial charge in [-0.1, -0.05) is 13.0 Å². The zero-order valence-electron chi connectivity index (χ0n) is 11.1. The number of rotatable bonds is 6. The van der Waals surface area contributed by atoms with Crippen molar-refractivity contribution in [2.45, 2.75) is 13.8 Å². The smallest absolute Gasteiger partial charge is 0.333 e. The topological polar surface area (TPSA) is 73.6 Å². The van der Waals surface area contributed by atoms with Crippen molar-refractivity contribution in [3.05, 3.63) is 28.3 Å². The molecule has 0 saturated carbocycles. The number of anilines is 1. The number of nitro benzene ring substituents is 1. The molecule has 1 aromatic carbocycles. The molecule has 1 aromatic rings. The molecule has 0 radical (unpaired) electrons. The highest BCUT2D eigenvalue weighted by Gasteiger charge is 2.34. The van der Waals surface area contributed by atoms with Crippen LogP contribution in [0.5, 0.6) is 5.75 Å². The molecule has 6 nitrogen and oxygen atoms in total. The van der Waals surface area contributed by atoms with Gasteiger partial charge in [0.2, 0.25) is 0 Å². The first kappa shape index (κ1) is 13.6. The van der Waals surface area contributed by atoms with Gasteiger partial charge in [-0.25, -0.2) is 0 Å². The Hall–Kier alpha value is -1.82. The molecule has 1 aliphatic heterocycles. The zero-order chi connectivity index (χ0) is 13.9. The number of nitro groups is 1. The summed E-state index contributed by atoms with van der Waals surface area (Å²) >= 11 is 0. The molecule has 0 bridgehead atoms. The molecule has 6 heteroatoms. The maximum Gasteiger partial charge on any atom is 0.333 e. The van der Waals surface area contributed by atoms with E-state index in [-0.39, 0.29) is 11.1 Å². The van der Waals surface area contributed by atoms with Crippen molar-refractivity contribution in [3.63, 3.8) is 0 Å². The van der Waals surface area contributed by atoms with Crippen molar-refractivity contribution in [1.82, 2.24) is 0 Å². The third kappa shape index (κ3) is 2.96. The molecule has 1 aliphatic rings. The Balaban J connectivity index is 2.18.